The second-order valence-corrected chi connectivity index (χ2v) is 8.90. The van der Waals surface area contributed by atoms with Crippen LogP contribution in [0.25, 0.3) is 0 Å². The van der Waals surface area contributed by atoms with E-state index in [1.54, 1.807) is 0 Å². The number of nitrogens with one attached hydrogen (secondary N) is 1. The molecule has 6 heteroatoms. The van der Waals surface area contributed by atoms with Crippen LogP contribution in [0.15, 0.2) is 48.5 Å². The maximum atomic E-state index is 5.83. The number of anilines is 1. The van der Waals surface area contributed by atoms with Gasteiger partial charge in [0.05, 0.1) is 19.8 Å². The summed E-state index contributed by atoms with van der Waals surface area (Å²) in [5.74, 6) is 1.41. The second-order valence-electron chi connectivity index (χ2n) is 8.51. The fourth-order valence-corrected chi connectivity index (χ4v) is 4.07. The molecular weight excluding hydrogens is 418 g/mol. The van der Waals surface area contributed by atoms with Crippen LogP contribution in [0.2, 0.25) is 0 Å². The minimum atomic E-state index is 0.538. The summed E-state index contributed by atoms with van der Waals surface area (Å²) in [6.07, 6.45) is 1.06. The van der Waals surface area contributed by atoms with Crippen molar-refractivity contribution in [1.82, 2.24) is 9.80 Å². The Balaban J connectivity index is 1.62. The van der Waals surface area contributed by atoms with Crippen molar-refractivity contribution in [3.05, 3.63) is 59.7 Å². The number of nitrogens with zero attached hydrogens (tertiary/aromatic N) is 2. The lowest BCUT2D eigenvalue weighted by molar-refractivity contribution is 0.0368. The average Bonchev–Trinajstić information content (AvgIpc) is 2.81. The molecule has 5 nitrogen and oxygen atoms in total. The highest BCUT2D eigenvalue weighted by molar-refractivity contribution is 7.80. The minimum Gasteiger partial charge on any atom is -0.494 e. The van der Waals surface area contributed by atoms with E-state index in [-0.39, 0.29) is 0 Å². The number of ether oxygens (including phenoxy) is 2. The highest BCUT2D eigenvalue weighted by atomic mass is 32.1. The van der Waals surface area contributed by atoms with Crippen LogP contribution in [0.3, 0.4) is 0 Å². The van der Waals surface area contributed by atoms with E-state index >= 15 is 0 Å². The molecule has 1 N–H and O–H groups in total. The van der Waals surface area contributed by atoms with Gasteiger partial charge in [0.25, 0.3) is 0 Å². The van der Waals surface area contributed by atoms with Crippen LogP contribution in [0.5, 0.6) is 5.75 Å². The quantitative estimate of drug-likeness (QED) is 0.501. The van der Waals surface area contributed by atoms with E-state index in [9.17, 15) is 0 Å². The Morgan fingerprint density at radius 1 is 1.09 bits per heavy atom. The lowest BCUT2D eigenvalue weighted by Gasteiger charge is -2.30. The first-order valence-electron chi connectivity index (χ1n) is 11.7. The van der Waals surface area contributed by atoms with Crippen LogP contribution < -0.4 is 10.1 Å². The molecule has 0 unspecified atom stereocenters. The maximum absolute atomic E-state index is 5.83. The molecule has 0 aromatic heterocycles. The topological polar surface area (TPSA) is 37.0 Å². The molecule has 1 aliphatic rings. The lowest BCUT2D eigenvalue weighted by Crippen LogP contribution is -2.40. The van der Waals surface area contributed by atoms with Crippen molar-refractivity contribution in [3.8, 4) is 5.75 Å². The molecule has 0 amide bonds. The van der Waals surface area contributed by atoms with Crippen molar-refractivity contribution in [2.75, 3.05) is 51.3 Å². The summed E-state index contributed by atoms with van der Waals surface area (Å²) in [6.45, 7) is 13.6. The normalized spacial score (nSPS) is 14.4. The number of hydrogen-bond donors (Lipinski definition) is 1. The molecule has 0 saturated carbocycles. The molecule has 0 atom stereocenters. The Kier molecular flexibility index (Phi) is 9.78. The van der Waals surface area contributed by atoms with Gasteiger partial charge in [0.1, 0.15) is 5.75 Å². The first-order chi connectivity index (χ1) is 15.5. The molecular formula is C26H37N3O2S. The summed E-state index contributed by atoms with van der Waals surface area (Å²) in [5, 5.41) is 4.17. The van der Waals surface area contributed by atoms with Gasteiger partial charge in [-0.1, -0.05) is 38.1 Å². The SMILES string of the molecule is CCOc1ccc(NC(=S)N(CCCN2CCOCC2)Cc2ccc(C(C)C)cc2)cc1. The zero-order valence-corrected chi connectivity index (χ0v) is 20.5. The standard InChI is InChI=1S/C26H37N3O2S/c1-4-31-25-12-10-24(11-13-25)27-26(32)29(15-5-14-28-16-18-30-19-17-28)20-22-6-8-23(9-7-22)21(2)3/h6-13,21H,4-5,14-20H2,1-3H3,(H,27,32). The van der Waals surface area contributed by atoms with Gasteiger partial charge >= 0.3 is 0 Å². The Bertz CT molecular complexity index is 818. The first-order valence-corrected chi connectivity index (χ1v) is 12.1. The third-order valence-corrected chi connectivity index (χ3v) is 6.09. The Morgan fingerprint density at radius 3 is 2.41 bits per heavy atom. The third-order valence-electron chi connectivity index (χ3n) is 5.73. The van der Waals surface area contributed by atoms with Crippen LogP contribution in [-0.2, 0) is 11.3 Å². The highest BCUT2D eigenvalue weighted by Gasteiger charge is 2.14. The molecule has 2 aromatic rings. The second kappa shape index (κ2) is 12.8. The van der Waals surface area contributed by atoms with Crippen molar-refractivity contribution in [2.24, 2.45) is 0 Å². The van der Waals surface area contributed by atoms with Crippen molar-refractivity contribution in [1.29, 1.82) is 0 Å². The number of thiocarbonyl (C=S) groups is 1. The third kappa shape index (κ3) is 7.76. The summed E-state index contributed by atoms with van der Waals surface area (Å²) in [4.78, 5) is 4.75. The van der Waals surface area contributed by atoms with Crippen molar-refractivity contribution >= 4 is 23.0 Å². The van der Waals surface area contributed by atoms with E-state index in [0.29, 0.717) is 12.5 Å². The average molecular weight is 456 g/mol. The molecule has 3 rings (SSSR count). The lowest BCUT2D eigenvalue weighted by atomic mass is 10.0. The Labute approximate surface area is 198 Å². The zero-order valence-electron chi connectivity index (χ0n) is 19.7. The van der Waals surface area contributed by atoms with E-state index in [2.05, 4.69) is 53.2 Å². The number of rotatable bonds is 10. The Morgan fingerprint density at radius 2 is 1.78 bits per heavy atom. The first kappa shape index (κ1) is 24.5. The van der Waals surface area contributed by atoms with Gasteiger partial charge in [0, 0.05) is 38.4 Å². The molecule has 32 heavy (non-hydrogen) atoms. The van der Waals surface area contributed by atoms with Crippen molar-refractivity contribution in [3.63, 3.8) is 0 Å². The predicted octanol–water partition coefficient (Wildman–Crippen LogP) is 5.13. The fraction of sp³-hybridized carbons (Fsp3) is 0.500. The van der Waals surface area contributed by atoms with Gasteiger partial charge in [-0.3, -0.25) is 4.90 Å². The van der Waals surface area contributed by atoms with Crippen molar-refractivity contribution in [2.45, 2.75) is 39.7 Å². The van der Waals surface area contributed by atoms with Gasteiger partial charge in [-0.15, -0.1) is 0 Å². The van der Waals surface area contributed by atoms with E-state index in [1.165, 1.54) is 11.1 Å². The molecule has 1 heterocycles. The molecule has 0 radical (unpaired) electrons. The van der Waals surface area contributed by atoms with Gasteiger partial charge < -0.3 is 19.7 Å². The van der Waals surface area contributed by atoms with E-state index in [0.717, 1.165) is 68.9 Å². The summed E-state index contributed by atoms with van der Waals surface area (Å²) in [6, 6.07) is 16.9. The van der Waals surface area contributed by atoms with Gasteiger partial charge in [-0.25, -0.2) is 0 Å². The van der Waals surface area contributed by atoms with Crippen LogP contribution in [0.1, 0.15) is 44.2 Å². The smallest absolute Gasteiger partial charge is 0.173 e. The monoisotopic (exact) mass is 455 g/mol. The van der Waals surface area contributed by atoms with Crippen LogP contribution in [-0.4, -0.2) is 60.9 Å². The molecule has 174 valence electrons. The van der Waals surface area contributed by atoms with E-state index in [1.807, 2.05) is 31.2 Å². The predicted molar refractivity (Wildman–Crippen MR) is 137 cm³/mol. The summed E-state index contributed by atoms with van der Waals surface area (Å²) in [5.41, 5.74) is 3.62. The summed E-state index contributed by atoms with van der Waals surface area (Å²) >= 11 is 5.83. The largest absolute Gasteiger partial charge is 0.494 e. The van der Waals surface area contributed by atoms with Crippen LogP contribution >= 0.6 is 12.2 Å². The minimum absolute atomic E-state index is 0.538. The van der Waals surface area contributed by atoms with Gasteiger partial charge in [-0.05, 0) is 66.9 Å². The molecule has 2 aromatic carbocycles. The fourth-order valence-electron chi connectivity index (χ4n) is 3.79. The van der Waals surface area contributed by atoms with Gasteiger partial charge in [-0.2, -0.15) is 0 Å². The van der Waals surface area contributed by atoms with Gasteiger partial charge in [0.2, 0.25) is 0 Å². The van der Waals surface area contributed by atoms with Gasteiger partial charge in [0.15, 0.2) is 5.11 Å². The number of morpholine rings is 1. The molecule has 0 aliphatic carbocycles. The van der Waals surface area contributed by atoms with Crippen LogP contribution in [0, 0.1) is 0 Å². The van der Waals surface area contributed by atoms with Crippen LogP contribution in [0.4, 0.5) is 5.69 Å². The summed E-state index contributed by atoms with van der Waals surface area (Å²) in [7, 11) is 0. The highest BCUT2D eigenvalue weighted by Crippen LogP contribution is 2.18. The van der Waals surface area contributed by atoms with E-state index in [4.69, 9.17) is 21.7 Å². The number of benzene rings is 2. The summed E-state index contributed by atoms with van der Waals surface area (Å²) < 4.78 is 11.0. The zero-order chi connectivity index (χ0) is 22.8. The number of hydrogen-bond acceptors (Lipinski definition) is 4. The van der Waals surface area contributed by atoms with Crippen molar-refractivity contribution < 1.29 is 9.47 Å². The maximum Gasteiger partial charge on any atom is 0.173 e. The molecule has 1 saturated heterocycles. The molecule has 1 aliphatic heterocycles. The Hall–Kier alpha value is -2.15. The molecule has 1 fully saturated rings. The molecule has 0 bridgehead atoms. The van der Waals surface area contributed by atoms with E-state index < -0.39 is 0 Å². The molecule has 0 spiro atoms.